The average Bonchev–Trinajstić information content (AvgIpc) is 2.35. The van der Waals surface area contributed by atoms with Gasteiger partial charge in [-0.2, -0.15) is 0 Å². The smallest absolute Gasteiger partial charge is 0.407 e. The first-order chi connectivity index (χ1) is 9.39. The Labute approximate surface area is 117 Å². The summed E-state index contributed by atoms with van der Waals surface area (Å²) < 4.78 is 28.7. The van der Waals surface area contributed by atoms with E-state index in [4.69, 9.17) is 19.9 Å². The van der Waals surface area contributed by atoms with Crippen molar-refractivity contribution in [2.45, 2.75) is 26.1 Å². The average molecular weight is 285 g/mol. The fourth-order valence-corrected chi connectivity index (χ4v) is 1.95. The highest BCUT2D eigenvalue weighted by Gasteiger charge is 2.38. The summed E-state index contributed by atoms with van der Waals surface area (Å²) in [6.45, 7) is 3.80. The van der Waals surface area contributed by atoms with Crippen LogP contribution in [0.25, 0.3) is 0 Å². The van der Waals surface area contributed by atoms with Crippen LogP contribution in [0.4, 0.5) is 9.18 Å². The molecule has 0 fully saturated rings. The number of primary amides is 1. The molecule has 0 aliphatic heterocycles. The third-order valence-electron chi connectivity index (χ3n) is 2.64. The van der Waals surface area contributed by atoms with Gasteiger partial charge < -0.3 is 19.9 Å². The first-order valence-electron chi connectivity index (χ1n) is 6.27. The molecule has 112 valence electrons. The molecule has 1 aromatic rings. The van der Waals surface area contributed by atoms with E-state index in [1.54, 1.807) is 0 Å². The number of methoxy groups -OCH3 is 1. The molecule has 0 spiro atoms. The number of carbonyl (C=O) groups is 1. The van der Waals surface area contributed by atoms with Crippen LogP contribution in [0.5, 0.6) is 0 Å². The molecule has 1 rings (SSSR count). The molecule has 1 amide bonds. The molecule has 0 aromatic heterocycles. The summed E-state index contributed by atoms with van der Waals surface area (Å²) in [6, 6.07) is 5.53. The van der Waals surface area contributed by atoms with Crippen LogP contribution in [-0.2, 0) is 20.0 Å². The Hall–Kier alpha value is -1.66. The molecule has 0 heterocycles. The quantitative estimate of drug-likeness (QED) is 0.782. The van der Waals surface area contributed by atoms with Gasteiger partial charge in [0.15, 0.2) is 6.79 Å². The number of ether oxygens (including phenoxy) is 3. The van der Waals surface area contributed by atoms with Crippen LogP contribution in [0.15, 0.2) is 24.3 Å². The molecule has 0 bridgehead atoms. The maximum Gasteiger partial charge on any atom is 0.407 e. The van der Waals surface area contributed by atoms with Crippen LogP contribution in [0.1, 0.15) is 25.8 Å². The van der Waals surface area contributed by atoms with Gasteiger partial charge in [0.1, 0.15) is 5.82 Å². The maximum absolute atomic E-state index is 13.1. The summed E-state index contributed by atoms with van der Waals surface area (Å²) in [5.41, 5.74) is 5.64. The lowest BCUT2D eigenvalue weighted by atomic mass is 9.95. The second-order valence-corrected chi connectivity index (χ2v) is 4.83. The van der Waals surface area contributed by atoms with Gasteiger partial charge in [-0.05, 0) is 30.2 Å². The Bertz CT molecular complexity index is 435. The highest BCUT2D eigenvalue weighted by molar-refractivity contribution is 5.65. The first kappa shape index (κ1) is 16.4. The number of amides is 1. The van der Waals surface area contributed by atoms with E-state index in [1.807, 2.05) is 13.8 Å². The zero-order chi connectivity index (χ0) is 15.2. The number of hydrogen-bond acceptors (Lipinski definition) is 4. The van der Waals surface area contributed by atoms with E-state index in [9.17, 15) is 9.18 Å². The summed E-state index contributed by atoms with van der Waals surface area (Å²) in [5.74, 6) is -1.63. The van der Waals surface area contributed by atoms with E-state index in [-0.39, 0.29) is 12.7 Å². The van der Waals surface area contributed by atoms with E-state index in [0.717, 1.165) is 0 Å². The van der Waals surface area contributed by atoms with Crippen molar-refractivity contribution in [1.82, 2.24) is 0 Å². The lowest BCUT2D eigenvalue weighted by molar-refractivity contribution is -0.255. The van der Waals surface area contributed by atoms with Gasteiger partial charge in [-0.3, -0.25) is 0 Å². The molecule has 0 saturated heterocycles. The van der Waals surface area contributed by atoms with Crippen molar-refractivity contribution >= 4 is 6.09 Å². The van der Waals surface area contributed by atoms with Crippen LogP contribution >= 0.6 is 0 Å². The highest BCUT2D eigenvalue weighted by Crippen LogP contribution is 2.34. The zero-order valence-electron chi connectivity index (χ0n) is 11.9. The summed E-state index contributed by atoms with van der Waals surface area (Å²) in [7, 11) is 1.45. The van der Waals surface area contributed by atoms with Crippen molar-refractivity contribution in [2.24, 2.45) is 11.7 Å². The predicted molar refractivity (Wildman–Crippen MR) is 71.2 cm³/mol. The van der Waals surface area contributed by atoms with Crippen LogP contribution in [-0.4, -0.2) is 20.0 Å². The molecule has 0 radical (unpaired) electrons. The Kier molecular flexibility index (Phi) is 5.91. The summed E-state index contributed by atoms with van der Waals surface area (Å²) in [5, 5.41) is 0. The van der Waals surface area contributed by atoms with Crippen LogP contribution in [0.3, 0.4) is 0 Å². The SMILES string of the molecule is COCO[C@](CC(C)C)(OC(N)=O)c1ccc(F)cc1. The minimum absolute atomic E-state index is 0.0859. The number of benzene rings is 1. The number of rotatable bonds is 7. The van der Waals surface area contributed by atoms with Crippen molar-refractivity contribution in [3.05, 3.63) is 35.6 Å². The van der Waals surface area contributed by atoms with Crippen LogP contribution in [0.2, 0.25) is 0 Å². The number of nitrogens with two attached hydrogens (primary N) is 1. The minimum atomic E-state index is -1.39. The van der Waals surface area contributed by atoms with Crippen molar-refractivity contribution in [2.75, 3.05) is 13.9 Å². The summed E-state index contributed by atoms with van der Waals surface area (Å²) in [4.78, 5) is 11.2. The van der Waals surface area contributed by atoms with Gasteiger partial charge in [0.05, 0.1) is 0 Å². The summed E-state index contributed by atoms with van der Waals surface area (Å²) >= 11 is 0. The molecule has 1 aromatic carbocycles. The molecule has 5 nitrogen and oxygen atoms in total. The molecule has 6 heteroatoms. The van der Waals surface area contributed by atoms with Crippen LogP contribution in [0, 0.1) is 11.7 Å². The van der Waals surface area contributed by atoms with Gasteiger partial charge in [-0.25, -0.2) is 9.18 Å². The molecule has 0 saturated carbocycles. The Morgan fingerprint density at radius 1 is 1.35 bits per heavy atom. The molecular formula is C14H20FNO4. The minimum Gasteiger partial charge on any atom is -0.412 e. The number of carbonyl (C=O) groups excluding carboxylic acids is 1. The monoisotopic (exact) mass is 285 g/mol. The maximum atomic E-state index is 13.1. The lowest BCUT2D eigenvalue weighted by Crippen LogP contribution is -2.39. The molecule has 20 heavy (non-hydrogen) atoms. The van der Waals surface area contributed by atoms with Gasteiger partial charge in [-0.15, -0.1) is 0 Å². The van der Waals surface area contributed by atoms with Crippen molar-refractivity contribution in [3.8, 4) is 0 Å². The van der Waals surface area contributed by atoms with E-state index in [1.165, 1.54) is 31.4 Å². The molecule has 0 aliphatic rings. The molecule has 1 atom stereocenters. The van der Waals surface area contributed by atoms with E-state index >= 15 is 0 Å². The van der Waals surface area contributed by atoms with Crippen LogP contribution < -0.4 is 5.73 Å². The molecular weight excluding hydrogens is 265 g/mol. The van der Waals surface area contributed by atoms with E-state index in [0.29, 0.717) is 12.0 Å². The topological polar surface area (TPSA) is 70.8 Å². The Morgan fingerprint density at radius 3 is 2.40 bits per heavy atom. The Balaban J connectivity index is 3.18. The second-order valence-electron chi connectivity index (χ2n) is 4.83. The summed E-state index contributed by atoms with van der Waals surface area (Å²) in [6.07, 6.45) is -0.601. The van der Waals surface area contributed by atoms with Crippen molar-refractivity contribution < 1.29 is 23.4 Å². The van der Waals surface area contributed by atoms with E-state index < -0.39 is 17.7 Å². The van der Waals surface area contributed by atoms with E-state index in [2.05, 4.69) is 0 Å². The molecule has 0 aliphatic carbocycles. The van der Waals surface area contributed by atoms with Gasteiger partial charge in [0, 0.05) is 19.1 Å². The normalized spacial score (nSPS) is 14.1. The molecule has 0 unspecified atom stereocenters. The predicted octanol–water partition coefficient (Wildman–Crippen LogP) is 2.74. The zero-order valence-corrected chi connectivity index (χ0v) is 11.9. The second kappa shape index (κ2) is 7.21. The van der Waals surface area contributed by atoms with Gasteiger partial charge in [0.2, 0.25) is 5.79 Å². The largest absolute Gasteiger partial charge is 0.412 e. The highest BCUT2D eigenvalue weighted by atomic mass is 19.1. The number of hydrogen-bond donors (Lipinski definition) is 1. The third kappa shape index (κ3) is 4.47. The first-order valence-corrected chi connectivity index (χ1v) is 6.27. The van der Waals surface area contributed by atoms with Crippen molar-refractivity contribution in [1.29, 1.82) is 0 Å². The lowest BCUT2D eigenvalue weighted by Gasteiger charge is -2.34. The molecule has 2 N–H and O–H groups in total. The van der Waals surface area contributed by atoms with Gasteiger partial charge >= 0.3 is 6.09 Å². The van der Waals surface area contributed by atoms with Gasteiger partial charge in [-0.1, -0.05) is 13.8 Å². The standard InChI is InChI=1S/C14H20FNO4/c1-10(2)8-14(19-9-18-3,20-13(16)17)11-4-6-12(15)7-5-11/h4-7,10H,8-9H2,1-3H3,(H2,16,17)/t14-/m1/s1. The van der Waals surface area contributed by atoms with Crippen molar-refractivity contribution in [3.63, 3.8) is 0 Å². The number of halogens is 1. The van der Waals surface area contributed by atoms with Gasteiger partial charge in [0.25, 0.3) is 0 Å². The fraction of sp³-hybridized carbons (Fsp3) is 0.500. The Morgan fingerprint density at radius 2 is 1.95 bits per heavy atom. The third-order valence-corrected chi connectivity index (χ3v) is 2.64. The fourth-order valence-electron chi connectivity index (χ4n) is 1.95.